The standard InChI is InChI=1S/C16H14ClFN2O2/c17-12-5-1-4-8-15(12)22-11-9-20(10-11)16(21)19-14-7-3-2-6-13(14)18/h1-8,11H,9-10H2,(H,19,21). The monoisotopic (exact) mass is 320 g/mol. The lowest BCUT2D eigenvalue weighted by Crippen LogP contribution is -2.57. The molecule has 0 spiro atoms. The number of hydrogen-bond acceptors (Lipinski definition) is 2. The molecule has 1 N–H and O–H groups in total. The second-order valence-corrected chi connectivity index (χ2v) is 5.39. The number of para-hydroxylation sites is 2. The molecular formula is C16H14ClFN2O2. The number of halogens is 2. The highest BCUT2D eigenvalue weighted by molar-refractivity contribution is 6.32. The summed E-state index contributed by atoms with van der Waals surface area (Å²) in [5, 5.41) is 3.08. The molecule has 2 aromatic carbocycles. The van der Waals surface area contributed by atoms with Crippen LogP contribution in [0.2, 0.25) is 5.02 Å². The maximum atomic E-state index is 13.5. The zero-order valence-electron chi connectivity index (χ0n) is 11.6. The molecule has 1 aliphatic heterocycles. The molecule has 1 aliphatic rings. The molecule has 0 bridgehead atoms. The number of anilines is 1. The molecule has 6 heteroatoms. The SMILES string of the molecule is O=C(Nc1ccccc1F)N1CC(Oc2ccccc2Cl)C1. The van der Waals surface area contributed by atoms with E-state index in [0.29, 0.717) is 23.9 Å². The van der Waals surface area contributed by atoms with E-state index in [1.807, 2.05) is 12.1 Å². The summed E-state index contributed by atoms with van der Waals surface area (Å²) in [6, 6.07) is 12.9. The number of ether oxygens (including phenoxy) is 1. The molecule has 1 fully saturated rings. The molecular weight excluding hydrogens is 307 g/mol. The van der Waals surface area contributed by atoms with Gasteiger partial charge < -0.3 is 15.0 Å². The predicted octanol–water partition coefficient (Wildman–Crippen LogP) is 3.77. The molecule has 114 valence electrons. The number of likely N-dealkylation sites (tertiary alicyclic amines) is 1. The zero-order valence-corrected chi connectivity index (χ0v) is 12.4. The van der Waals surface area contributed by atoms with Crippen LogP contribution in [0.25, 0.3) is 0 Å². The van der Waals surface area contributed by atoms with Gasteiger partial charge in [-0.15, -0.1) is 0 Å². The van der Waals surface area contributed by atoms with Gasteiger partial charge in [0.15, 0.2) is 0 Å². The van der Waals surface area contributed by atoms with Gasteiger partial charge in [-0.3, -0.25) is 0 Å². The van der Waals surface area contributed by atoms with E-state index in [2.05, 4.69) is 5.32 Å². The van der Waals surface area contributed by atoms with Crippen molar-refractivity contribution in [3.05, 3.63) is 59.4 Å². The lowest BCUT2D eigenvalue weighted by molar-refractivity contribution is 0.0493. The van der Waals surface area contributed by atoms with Gasteiger partial charge in [0.2, 0.25) is 0 Å². The minimum absolute atomic E-state index is 0.105. The number of amides is 2. The minimum Gasteiger partial charge on any atom is -0.485 e. The van der Waals surface area contributed by atoms with Crippen molar-refractivity contribution in [2.24, 2.45) is 0 Å². The summed E-state index contributed by atoms with van der Waals surface area (Å²) in [7, 11) is 0. The Morgan fingerprint density at radius 3 is 2.59 bits per heavy atom. The molecule has 2 amide bonds. The van der Waals surface area contributed by atoms with Gasteiger partial charge in [-0.1, -0.05) is 35.9 Å². The highest BCUT2D eigenvalue weighted by Gasteiger charge is 2.32. The van der Waals surface area contributed by atoms with Crippen LogP contribution < -0.4 is 10.1 Å². The van der Waals surface area contributed by atoms with Crippen molar-refractivity contribution >= 4 is 23.3 Å². The predicted molar refractivity (Wildman–Crippen MR) is 82.9 cm³/mol. The Hall–Kier alpha value is -2.27. The molecule has 4 nitrogen and oxygen atoms in total. The Morgan fingerprint density at radius 2 is 1.86 bits per heavy atom. The number of carbonyl (C=O) groups is 1. The zero-order chi connectivity index (χ0) is 15.5. The van der Waals surface area contributed by atoms with E-state index in [-0.39, 0.29) is 17.8 Å². The smallest absolute Gasteiger partial charge is 0.322 e. The highest BCUT2D eigenvalue weighted by atomic mass is 35.5. The van der Waals surface area contributed by atoms with Crippen molar-refractivity contribution in [1.82, 2.24) is 4.90 Å². The van der Waals surface area contributed by atoms with E-state index >= 15 is 0 Å². The molecule has 1 saturated heterocycles. The van der Waals surface area contributed by atoms with Crippen molar-refractivity contribution in [3.63, 3.8) is 0 Å². The van der Waals surface area contributed by atoms with Crippen LogP contribution in [0.15, 0.2) is 48.5 Å². The fraction of sp³-hybridized carbons (Fsp3) is 0.188. The second kappa shape index (κ2) is 6.23. The lowest BCUT2D eigenvalue weighted by atomic mass is 10.2. The summed E-state index contributed by atoms with van der Waals surface area (Å²) in [6.45, 7) is 0.872. The van der Waals surface area contributed by atoms with Crippen molar-refractivity contribution < 1.29 is 13.9 Å². The van der Waals surface area contributed by atoms with Gasteiger partial charge >= 0.3 is 6.03 Å². The third kappa shape index (κ3) is 3.14. The number of benzene rings is 2. The van der Waals surface area contributed by atoms with Crippen LogP contribution in [0.5, 0.6) is 5.75 Å². The lowest BCUT2D eigenvalue weighted by Gasteiger charge is -2.38. The molecule has 0 atom stereocenters. The quantitative estimate of drug-likeness (QED) is 0.935. The third-order valence-electron chi connectivity index (χ3n) is 3.38. The Kier molecular flexibility index (Phi) is 4.15. The topological polar surface area (TPSA) is 41.6 Å². The molecule has 0 saturated carbocycles. The first-order valence-electron chi connectivity index (χ1n) is 6.85. The van der Waals surface area contributed by atoms with E-state index in [1.54, 1.807) is 29.2 Å². The van der Waals surface area contributed by atoms with E-state index in [0.717, 1.165) is 0 Å². The molecule has 0 unspecified atom stereocenters. The van der Waals surface area contributed by atoms with E-state index in [9.17, 15) is 9.18 Å². The average molecular weight is 321 g/mol. The van der Waals surface area contributed by atoms with Crippen LogP contribution in [-0.2, 0) is 0 Å². The Bertz CT molecular complexity index is 689. The Morgan fingerprint density at radius 1 is 1.18 bits per heavy atom. The normalized spacial score (nSPS) is 14.4. The number of carbonyl (C=O) groups excluding carboxylic acids is 1. The Balaban J connectivity index is 1.52. The van der Waals surface area contributed by atoms with Crippen LogP contribution in [0, 0.1) is 5.82 Å². The molecule has 22 heavy (non-hydrogen) atoms. The average Bonchev–Trinajstić information content (AvgIpc) is 2.46. The van der Waals surface area contributed by atoms with E-state index in [4.69, 9.17) is 16.3 Å². The first-order valence-corrected chi connectivity index (χ1v) is 7.23. The van der Waals surface area contributed by atoms with Gasteiger partial charge in [-0.25, -0.2) is 9.18 Å². The van der Waals surface area contributed by atoms with Crippen LogP contribution in [0.4, 0.5) is 14.9 Å². The van der Waals surface area contributed by atoms with Crippen molar-refractivity contribution in [2.75, 3.05) is 18.4 Å². The molecule has 2 aromatic rings. The number of urea groups is 1. The van der Waals surface area contributed by atoms with Crippen molar-refractivity contribution in [2.45, 2.75) is 6.10 Å². The van der Waals surface area contributed by atoms with Gasteiger partial charge in [0, 0.05) is 0 Å². The molecule has 0 aromatic heterocycles. The molecule has 0 aliphatic carbocycles. The van der Waals surface area contributed by atoms with E-state index in [1.165, 1.54) is 12.1 Å². The largest absolute Gasteiger partial charge is 0.485 e. The summed E-state index contributed by atoms with van der Waals surface area (Å²) in [4.78, 5) is 13.5. The van der Waals surface area contributed by atoms with Crippen molar-refractivity contribution in [3.8, 4) is 5.75 Å². The maximum Gasteiger partial charge on any atom is 0.322 e. The first kappa shape index (κ1) is 14.7. The Labute approximate surface area is 132 Å². The van der Waals surface area contributed by atoms with Gasteiger partial charge in [0.1, 0.15) is 17.7 Å². The minimum atomic E-state index is -0.458. The molecule has 0 radical (unpaired) electrons. The summed E-state index contributed by atoms with van der Waals surface area (Å²) >= 11 is 6.01. The van der Waals surface area contributed by atoms with Gasteiger partial charge in [0.05, 0.1) is 23.8 Å². The van der Waals surface area contributed by atoms with Crippen LogP contribution in [-0.4, -0.2) is 30.1 Å². The summed E-state index contributed by atoms with van der Waals surface area (Å²) < 4.78 is 19.2. The highest BCUT2D eigenvalue weighted by Crippen LogP contribution is 2.26. The van der Waals surface area contributed by atoms with Crippen molar-refractivity contribution in [1.29, 1.82) is 0 Å². The van der Waals surface area contributed by atoms with Crippen LogP contribution in [0.3, 0.4) is 0 Å². The third-order valence-corrected chi connectivity index (χ3v) is 3.69. The molecule has 1 heterocycles. The summed E-state index contributed by atoms with van der Waals surface area (Å²) in [5.41, 5.74) is 0.169. The fourth-order valence-corrected chi connectivity index (χ4v) is 2.34. The number of rotatable bonds is 3. The van der Waals surface area contributed by atoms with E-state index < -0.39 is 5.82 Å². The summed E-state index contributed by atoms with van der Waals surface area (Å²) in [5.74, 6) is 0.142. The number of hydrogen-bond donors (Lipinski definition) is 1. The second-order valence-electron chi connectivity index (χ2n) is 4.99. The summed E-state index contributed by atoms with van der Waals surface area (Å²) in [6.07, 6.45) is -0.105. The maximum absolute atomic E-state index is 13.5. The number of nitrogens with zero attached hydrogens (tertiary/aromatic N) is 1. The first-order chi connectivity index (χ1) is 10.6. The van der Waals surface area contributed by atoms with Gasteiger partial charge in [-0.05, 0) is 24.3 Å². The fourth-order valence-electron chi connectivity index (χ4n) is 2.16. The van der Waals surface area contributed by atoms with Crippen LogP contribution in [0.1, 0.15) is 0 Å². The van der Waals surface area contributed by atoms with Crippen LogP contribution >= 0.6 is 11.6 Å². The molecule has 3 rings (SSSR count). The number of nitrogens with one attached hydrogen (secondary N) is 1. The van der Waals surface area contributed by atoms with Gasteiger partial charge in [0.25, 0.3) is 0 Å². The van der Waals surface area contributed by atoms with Gasteiger partial charge in [-0.2, -0.15) is 0 Å².